The minimum Gasteiger partial charge on any atom is -0.477 e. The van der Waals surface area contributed by atoms with Gasteiger partial charge in [0.05, 0.1) is 50.7 Å². The number of carbonyl (C=O) groups excluding carboxylic acids is 4. The van der Waals surface area contributed by atoms with Crippen molar-refractivity contribution >= 4 is 35.9 Å². The van der Waals surface area contributed by atoms with Crippen LogP contribution in [0.3, 0.4) is 0 Å². The van der Waals surface area contributed by atoms with Crippen molar-refractivity contribution in [3.05, 3.63) is 0 Å². The molecule has 0 radical (unpaired) electrons. The van der Waals surface area contributed by atoms with Crippen molar-refractivity contribution in [1.82, 2.24) is 16.0 Å². The normalized spacial score (nSPS) is 36.3. The van der Waals surface area contributed by atoms with Gasteiger partial charge in [0.2, 0.25) is 17.7 Å². The second-order valence-corrected chi connectivity index (χ2v) is 15.9. The number of aldehydes is 1. The van der Waals surface area contributed by atoms with Crippen LogP contribution in [0.5, 0.6) is 0 Å². The van der Waals surface area contributed by atoms with E-state index in [1.54, 1.807) is 0 Å². The summed E-state index contributed by atoms with van der Waals surface area (Å²) in [4.78, 5) is 73.8. The number of hydrogen-bond acceptors (Lipinski definition) is 25. The van der Waals surface area contributed by atoms with E-state index in [0.717, 1.165) is 20.8 Å². The summed E-state index contributed by atoms with van der Waals surface area (Å²) in [5, 5.41) is 165. The van der Waals surface area contributed by atoms with Crippen LogP contribution in [-0.2, 0) is 57.2 Å². The maximum absolute atomic E-state index is 12.9. The first-order valence-electron chi connectivity index (χ1n) is 20.1. The van der Waals surface area contributed by atoms with Gasteiger partial charge in [-0.1, -0.05) is 0 Å². The molecule has 380 valence electrons. The van der Waals surface area contributed by atoms with E-state index in [1.807, 2.05) is 0 Å². The minimum atomic E-state index is -3.24. The Hall–Kier alpha value is -3.74. The Kier molecular flexibility index (Phi) is 20.6. The van der Waals surface area contributed by atoms with E-state index in [1.165, 1.54) is 0 Å². The van der Waals surface area contributed by atoms with E-state index in [0.29, 0.717) is 0 Å². The summed E-state index contributed by atoms with van der Waals surface area (Å²) < 4.78 is 33.0. The molecule has 30 heteroatoms. The Morgan fingerprint density at radius 3 is 1.59 bits per heavy atom. The van der Waals surface area contributed by atoms with Crippen LogP contribution in [0.4, 0.5) is 0 Å². The second kappa shape index (κ2) is 24.0. The Morgan fingerprint density at radius 1 is 0.712 bits per heavy atom. The molecule has 3 amide bonds. The van der Waals surface area contributed by atoms with Crippen LogP contribution in [0.1, 0.15) is 33.6 Å². The van der Waals surface area contributed by atoms with Gasteiger partial charge in [-0.25, -0.2) is 9.59 Å². The summed E-state index contributed by atoms with van der Waals surface area (Å²) in [6.45, 7) is -1.98. The average molecular weight is 966 g/mol. The van der Waals surface area contributed by atoms with Crippen LogP contribution in [0.15, 0.2) is 0 Å². The maximum atomic E-state index is 12.9. The zero-order valence-electron chi connectivity index (χ0n) is 35.4. The van der Waals surface area contributed by atoms with E-state index in [-0.39, 0.29) is 6.29 Å². The molecule has 3 fully saturated rings. The first-order valence-corrected chi connectivity index (χ1v) is 20.1. The molecule has 0 aromatic rings. The molecule has 3 saturated heterocycles. The lowest BCUT2D eigenvalue weighted by molar-refractivity contribution is -0.375. The molecule has 3 aliphatic rings. The van der Waals surface area contributed by atoms with Crippen molar-refractivity contribution in [3.8, 4) is 0 Å². The fraction of sp³-hybridized carbons (Fsp3) is 0.833. The third-order valence-electron chi connectivity index (χ3n) is 10.9. The van der Waals surface area contributed by atoms with Gasteiger partial charge in [0.25, 0.3) is 11.6 Å². The highest BCUT2D eigenvalue weighted by atomic mass is 16.8. The summed E-state index contributed by atoms with van der Waals surface area (Å²) in [5.41, 5.74) is 0. The average Bonchev–Trinajstić information content (AvgIpc) is 3.25. The lowest BCUT2D eigenvalue weighted by Gasteiger charge is -2.50. The van der Waals surface area contributed by atoms with Crippen molar-refractivity contribution in [2.24, 2.45) is 0 Å². The number of carbonyl (C=O) groups is 6. The second-order valence-electron chi connectivity index (χ2n) is 15.9. The van der Waals surface area contributed by atoms with Crippen molar-refractivity contribution < 1.29 is 134 Å². The van der Waals surface area contributed by atoms with Gasteiger partial charge in [-0.2, -0.15) is 0 Å². The van der Waals surface area contributed by atoms with Crippen LogP contribution in [0.25, 0.3) is 0 Å². The molecule has 3 heterocycles. The quantitative estimate of drug-likeness (QED) is 0.0423. The molecule has 0 bridgehead atoms. The number of carboxylic acids is 2. The fourth-order valence-electron chi connectivity index (χ4n) is 7.55. The zero-order valence-corrected chi connectivity index (χ0v) is 35.4. The van der Waals surface area contributed by atoms with Gasteiger partial charge in [-0.05, 0) is 0 Å². The number of aliphatic carboxylic acids is 2. The first kappa shape index (κ1) is 56.6. The molecule has 18 N–H and O–H groups in total. The standard InChI is InChI=1S/C36H59N3O27/c1-11(44)37-14(6-40)28(25(54)19(51)10-61-35(33(57)58)4-15(47)21(38-12(2)45)29(64-35)23(52)17(49)7-41)63-32-27(56)31(26(55)20(9-43)62-32)66-36(34(59)60)5-16(48)22(39-13(3)46)30(65-36)24(53)18(50)8-42/h6,14-32,41-43,47-56H,4-5,7-10H2,1-3H3,(H,37,44)(H,38,45)(H,39,46)(H,57,58)(H,59,60)/t14-,15-,16-,17+,18+,19+,20+,21+,22+,23+,24+,25-,26-,27+,28+,29?,30?,31-,32-,35+,36-/m0/s1. The Morgan fingerprint density at radius 2 is 1.18 bits per heavy atom. The largest absolute Gasteiger partial charge is 0.477 e. The van der Waals surface area contributed by atoms with Crippen LogP contribution >= 0.6 is 0 Å². The van der Waals surface area contributed by atoms with E-state index >= 15 is 0 Å². The number of aliphatic hydroxyl groups is 13. The van der Waals surface area contributed by atoms with Crippen molar-refractivity contribution in [2.75, 3.05) is 26.4 Å². The molecule has 0 aromatic carbocycles. The summed E-state index contributed by atoms with van der Waals surface area (Å²) in [5.74, 6) is -13.1. The summed E-state index contributed by atoms with van der Waals surface area (Å²) in [7, 11) is 0. The van der Waals surface area contributed by atoms with Crippen LogP contribution in [0, 0.1) is 0 Å². The van der Waals surface area contributed by atoms with E-state index < -0.39 is 196 Å². The van der Waals surface area contributed by atoms with E-state index in [4.69, 9.17) is 28.4 Å². The number of aliphatic hydroxyl groups excluding tert-OH is 13. The predicted octanol–water partition coefficient (Wildman–Crippen LogP) is -11.1. The highest BCUT2D eigenvalue weighted by Crippen LogP contribution is 2.38. The van der Waals surface area contributed by atoms with E-state index in [2.05, 4.69) is 16.0 Å². The predicted molar refractivity (Wildman–Crippen MR) is 204 cm³/mol. The molecule has 3 aliphatic heterocycles. The summed E-state index contributed by atoms with van der Waals surface area (Å²) in [6, 6.07) is -5.35. The molecule has 2 unspecified atom stereocenters. The Balaban J connectivity index is 2.01. The SMILES string of the molecule is CC(=O)N[C@@H](C=O)[C@@H](O[C@@H]1O[C@H](CO)[C@H](O)[C@H](O[C@]2(C(=O)O)C[C@H](O)[C@@H](NC(C)=O)C([C@H](O)[C@H](O)CO)O2)[C@H]1O)[C@@H](O)[C@H](O)CO[C@]1(C(=O)O)C[C@H](O)[C@@H](NC(C)=O)C([C@H](O)[C@H](O)CO)O1. The third kappa shape index (κ3) is 13.1. The van der Waals surface area contributed by atoms with Gasteiger partial charge < -0.3 is 126 Å². The summed E-state index contributed by atoms with van der Waals surface area (Å²) >= 11 is 0. The lowest BCUT2D eigenvalue weighted by Crippen LogP contribution is -2.70. The molecule has 0 spiro atoms. The lowest BCUT2D eigenvalue weighted by atomic mass is 9.88. The highest BCUT2D eigenvalue weighted by Gasteiger charge is 2.60. The smallest absolute Gasteiger partial charge is 0.364 e. The molecule has 0 aromatic heterocycles. The van der Waals surface area contributed by atoms with Crippen LogP contribution in [0.2, 0.25) is 0 Å². The Bertz CT molecular complexity index is 1670. The number of carboxylic acid groups (broad SMARTS) is 2. The van der Waals surface area contributed by atoms with Gasteiger partial charge in [0.15, 0.2) is 6.29 Å². The number of rotatable bonds is 23. The van der Waals surface area contributed by atoms with Crippen molar-refractivity contribution in [1.29, 1.82) is 0 Å². The van der Waals surface area contributed by atoms with Gasteiger partial charge in [0.1, 0.15) is 91.7 Å². The first-order chi connectivity index (χ1) is 30.7. The van der Waals surface area contributed by atoms with Crippen molar-refractivity contribution in [2.45, 2.75) is 161 Å². The monoisotopic (exact) mass is 965 g/mol. The molecular weight excluding hydrogens is 906 g/mol. The minimum absolute atomic E-state index is 0.0567. The van der Waals surface area contributed by atoms with Crippen LogP contribution < -0.4 is 16.0 Å². The number of hydrogen-bond donors (Lipinski definition) is 18. The zero-order chi connectivity index (χ0) is 50.2. The Labute approximate surface area is 373 Å². The van der Waals surface area contributed by atoms with Gasteiger partial charge in [-0.3, -0.25) is 14.4 Å². The topological polar surface area (TPSA) is 497 Å². The fourth-order valence-corrected chi connectivity index (χ4v) is 7.55. The number of amides is 3. The molecule has 21 atom stereocenters. The number of nitrogens with one attached hydrogen (secondary N) is 3. The molecule has 0 aliphatic carbocycles. The van der Waals surface area contributed by atoms with Gasteiger partial charge >= 0.3 is 11.9 Å². The highest BCUT2D eigenvalue weighted by molar-refractivity contribution is 5.78. The van der Waals surface area contributed by atoms with E-state index in [9.17, 15) is 105 Å². The van der Waals surface area contributed by atoms with Crippen molar-refractivity contribution in [3.63, 3.8) is 0 Å². The molecule has 66 heavy (non-hydrogen) atoms. The number of ether oxygens (including phenoxy) is 6. The summed E-state index contributed by atoms with van der Waals surface area (Å²) in [6.07, 6.45) is -37.8. The van der Waals surface area contributed by atoms with Gasteiger partial charge in [-0.15, -0.1) is 0 Å². The molecule has 3 rings (SSSR count). The third-order valence-corrected chi connectivity index (χ3v) is 10.9. The van der Waals surface area contributed by atoms with Crippen LogP contribution in [-0.4, -0.2) is 267 Å². The molecular formula is C36H59N3O27. The molecule has 0 saturated carbocycles. The molecule has 30 nitrogen and oxygen atoms in total. The van der Waals surface area contributed by atoms with Gasteiger partial charge in [0, 0.05) is 33.6 Å². The maximum Gasteiger partial charge on any atom is 0.364 e.